The molecule has 0 bridgehead atoms. The Balaban J connectivity index is 2.54. The molecule has 0 aliphatic rings. The van der Waals surface area contributed by atoms with Gasteiger partial charge in [0, 0.05) is 32.6 Å². The van der Waals surface area contributed by atoms with Crippen LogP contribution in [0.25, 0.3) is 0 Å². The van der Waals surface area contributed by atoms with E-state index >= 15 is 0 Å². The zero-order valence-electron chi connectivity index (χ0n) is 10.2. The highest BCUT2D eigenvalue weighted by molar-refractivity contribution is 5.75. The van der Waals surface area contributed by atoms with Crippen LogP contribution >= 0.6 is 0 Å². The molecule has 0 unspecified atom stereocenters. The molecule has 0 aromatic carbocycles. The Morgan fingerprint density at radius 1 is 1.53 bits per heavy atom. The van der Waals surface area contributed by atoms with Gasteiger partial charge in [0.1, 0.15) is 0 Å². The lowest BCUT2D eigenvalue weighted by Gasteiger charge is -2.06. The van der Waals surface area contributed by atoms with Gasteiger partial charge in [0.15, 0.2) is 0 Å². The summed E-state index contributed by atoms with van der Waals surface area (Å²) in [6, 6.07) is 1.51. The molecule has 0 radical (unpaired) electrons. The fourth-order valence-electron chi connectivity index (χ4n) is 1.42. The van der Waals surface area contributed by atoms with Gasteiger partial charge in [-0.15, -0.1) is 0 Å². The van der Waals surface area contributed by atoms with E-state index in [0.29, 0.717) is 19.4 Å². The number of nitrogens with zero attached hydrogens (tertiary/aromatic N) is 2. The Morgan fingerprint density at radius 3 is 2.88 bits per heavy atom. The summed E-state index contributed by atoms with van der Waals surface area (Å²) in [5, 5.41) is 9.58. The summed E-state index contributed by atoms with van der Waals surface area (Å²) in [5.74, 6) is -0.0256. The number of anilines is 1. The first-order valence-electron chi connectivity index (χ1n) is 5.69. The van der Waals surface area contributed by atoms with E-state index in [1.165, 1.54) is 10.7 Å². The summed E-state index contributed by atoms with van der Waals surface area (Å²) >= 11 is 0. The molecule has 0 saturated carbocycles. The Morgan fingerprint density at radius 2 is 2.29 bits per heavy atom. The minimum Gasteiger partial charge on any atom is -0.384 e. The molecule has 0 saturated heterocycles. The summed E-state index contributed by atoms with van der Waals surface area (Å²) < 4.78 is 1.36. The van der Waals surface area contributed by atoms with Crippen molar-refractivity contribution in [2.24, 2.45) is 0 Å². The number of amides is 1. The van der Waals surface area contributed by atoms with Crippen molar-refractivity contribution in [3.8, 4) is 0 Å². The first kappa shape index (κ1) is 13.2. The number of hydrogen-bond donors (Lipinski definition) is 2. The third-order valence-electron chi connectivity index (χ3n) is 2.30. The maximum absolute atomic E-state index is 11.6. The molecular weight excluding hydrogens is 220 g/mol. The zero-order valence-corrected chi connectivity index (χ0v) is 10.2. The summed E-state index contributed by atoms with van der Waals surface area (Å²) in [6.07, 6.45) is 2.62. The highest BCUT2D eigenvalue weighted by Gasteiger charge is 2.01. The minimum absolute atomic E-state index is 0.0256. The second-order valence-electron chi connectivity index (χ2n) is 3.61. The van der Waals surface area contributed by atoms with Gasteiger partial charge in [0.2, 0.25) is 5.91 Å². The van der Waals surface area contributed by atoms with Gasteiger partial charge >= 0.3 is 0 Å². The molecule has 0 atom stereocenters. The lowest BCUT2D eigenvalue weighted by Crippen LogP contribution is -2.24. The molecule has 0 aliphatic heterocycles. The molecule has 6 nitrogen and oxygen atoms in total. The van der Waals surface area contributed by atoms with E-state index in [1.807, 2.05) is 6.92 Å². The van der Waals surface area contributed by atoms with E-state index in [4.69, 9.17) is 0 Å². The molecule has 1 amide bonds. The smallest absolute Gasteiger partial charge is 0.268 e. The van der Waals surface area contributed by atoms with Gasteiger partial charge in [-0.2, -0.15) is 5.10 Å². The third kappa shape index (κ3) is 4.26. The van der Waals surface area contributed by atoms with Gasteiger partial charge in [-0.25, -0.2) is 4.68 Å². The largest absolute Gasteiger partial charge is 0.384 e. The molecule has 1 heterocycles. The molecule has 0 fully saturated rings. The highest BCUT2D eigenvalue weighted by Crippen LogP contribution is 1.99. The van der Waals surface area contributed by atoms with E-state index in [-0.39, 0.29) is 11.5 Å². The van der Waals surface area contributed by atoms with Crippen LogP contribution in [-0.2, 0) is 11.3 Å². The summed E-state index contributed by atoms with van der Waals surface area (Å²) in [7, 11) is 1.60. The van der Waals surface area contributed by atoms with E-state index < -0.39 is 0 Å². The van der Waals surface area contributed by atoms with Gasteiger partial charge < -0.3 is 10.6 Å². The lowest BCUT2D eigenvalue weighted by atomic mass is 10.3. The molecule has 6 heteroatoms. The molecule has 1 aromatic rings. The van der Waals surface area contributed by atoms with E-state index in [9.17, 15) is 9.59 Å². The Hall–Kier alpha value is -1.85. The Labute approximate surface area is 100 Å². The average molecular weight is 238 g/mol. The molecule has 17 heavy (non-hydrogen) atoms. The van der Waals surface area contributed by atoms with Crippen LogP contribution < -0.4 is 16.2 Å². The van der Waals surface area contributed by atoms with Crippen molar-refractivity contribution in [1.82, 2.24) is 15.1 Å². The van der Waals surface area contributed by atoms with E-state index in [2.05, 4.69) is 15.7 Å². The van der Waals surface area contributed by atoms with Crippen LogP contribution in [0.15, 0.2) is 17.1 Å². The fourth-order valence-corrected chi connectivity index (χ4v) is 1.42. The van der Waals surface area contributed by atoms with Crippen molar-refractivity contribution >= 4 is 11.6 Å². The number of aromatic nitrogens is 2. The van der Waals surface area contributed by atoms with Crippen molar-refractivity contribution < 1.29 is 4.79 Å². The minimum atomic E-state index is -0.152. The first-order valence-corrected chi connectivity index (χ1v) is 5.69. The van der Waals surface area contributed by atoms with Crippen LogP contribution in [0.1, 0.15) is 19.8 Å². The second-order valence-corrected chi connectivity index (χ2v) is 3.61. The van der Waals surface area contributed by atoms with Crippen LogP contribution in [-0.4, -0.2) is 29.3 Å². The Bertz CT molecular complexity index is 428. The van der Waals surface area contributed by atoms with Crippen molar-refractivity contribution in [3.63, 3.8) is 0 Å². The molecule has 94 valence electrons. The van der Waals surface area contributed by atoms with Crippen molar-refractivity contribution in [3.05, 3.63) is 22.6 Å². The number of nitrogens with one attached hydrogen (secondary N) is 2. The van der Waals surface area contributed by atoms with Crippen LogP contribution in [0.3, 0.4) is 0 Å². The Kier molecular flexibility index (Phi) is 5.19. The van der Waals surface area contributed by atoms with Crippen LogP contribution in [0.2, 0.25) is 0 Å². The quantitative estimate of drug-likeness (QED) is 0.742. The molecule has 0 spiro atoms. The third-order valence-corrected chi connectivity index (χ3v) is 2.30. The number of aryl methyl sites for hydroxylation is 1. The monoisotopic (exact) mass is 238 g/mol. The van der Waals surface area contributed by atoms with Crippen molar-refractivity contribution in [1.29, 1.82) is 0 Å². The van der Waals surface area contributed by atoms with Crippen molar-refractivity contribution in [2.75, 3.05) is 18.9 Å². The second kappa shape index (κ2) is 6.67. The maximum atomic E-state index is 11.6. The predicted molar refractivity (Wildman–Crippen MR) is 66.0 cm³/mol. The van der Waals surface area contributed by atoms with Crippen LogP contribution in [0, 0.1) is 0 Å². The normalized spacial score (nSPS) is 10.0. The topological polar surface area (TPSA) is 76.0 Å². The first-order chi connectivity index (χ1) is 8.17. The molecule has 2 N–H and O–H groups in total. The molecule has 0 aliphatic carbocycles. The summed E-state index contributed by atoms with van der Waals surface area (Å²) in [5.41, 5.74) is 0.570. The SMILES string of the molecule is CCNc1cnn(CCCC(=O)NC)c(=O)c1. The standard InChI is InChI=1S/C11H18N4O2/c1-3-13-9-7-11(17)15(14-8-9)6-4-5-10(16)12-2/h7-8,13H,3-6H2,1-2H3,(H,12,16). The fraction of sp³-hybridized carbons (Fsp3) is 0.545. The number of hydrogen-bond acceptors (Lipinski definition) is 4. The van der Waals surface area contributed by atoms with Gasteiger partial charge in [0.25, 0.3) is 5.56 Å². The predicted octanol–water partition coefficient (Wildman–Crippen LogP) is 0.201. The van der Waals surface area contributed by atoms with E-state index in [1.54, 1.807) is 13.2 Å². The molecule has 1 aromatic heterocycles. The zero-order chi connectivity index (χ0) is 12.7. The number of carbonyl (C=O) groups excluding carboxylic acids is 1. The summed E-state index contributed by atoms with van der Waals surface area (Å²) in [4.78, 5) is 22.6. The molecule has 1 rings (SSSR count). The van der Waals surface area contributed by atoms with Gasteiger partial charge in [-0.05, 0) is 13.3 Å². The lowest BCUT2D eigenvalue weighted by molar-refractivity contribution is -0.120. The maximum Gasteiger partial charge on any atom is 0.268 e. The van der Waals surface area contributed by atoms with Gasteiger partial charge in [-0.1, -0.05) is 0 Å². The average Bonchev–Trinajstić information content (AvgIpc) is 2.32. The van der Waals surface area contributed by atoms with E-state index in [0.717, 1.165) is 12.2 Å². The van der Waals surface area contributed by atoms with Gasteiger partial charge in [0.05, 0.1) is 11.9 Å². The molecular formula is C11H18N4O2. The summed E-state index contributed by atoms with van der Waals surface area (Å²) in [6.45, 7) is 3.16. The number of carbonyl (C=O) groups is 1. The van der Waals surface area contributed by atoms with Gasteiger partial charge in [-0.3, -0.25) is 9.59 Å². The van der Waals surface area contributed by atoms with Crippen LogP contribution in [0.5, 0.6) is 0 Å². The van der Waals surface area contributed by atoms with Crippen LogP contribution in [0.4, 0.5) is 5.69 Å². The van der Waals surface area contributed by atoms with Crippen molar-refractivity contribution in [2.45, 2.75) is 26.3 Å². The number of rotatable bonds is 6. The highest BCUT2D eigenvalue weighted by atomic mass is 16.1.